The highest BCUT2D eigenvalue weighted by Crippen LogP contribution is 2.28. The molecule has 37 heavy (non-hydrogen) atoms. The second kappa shape index (κ2) is 10.1. The van der Waals surface area contributed by atoms with Gasteiger partial charge in [0.15, 0.2) is 11.5 Å². The van der Waals surface area contributed by atoms with E-state index in [1.807, 2.05) is 14.0 Å². The van der Waals surface area contributed by atoms with Gasteiger partial charge >= 0.3 is 0 Å². The molecule has 4 aromatic heterocycles. The summed E-state index contributed by atoms with van der Waals surface area (Å²) in [6.45, 7) is 8.88. The van der Waals surface area contributed by atoms with E-state index < -0.39 is 0 Å². The molecule has 12 heteroatoms. The number of likely N-dealkylation sites (tertiary alicyclic amines) is 1. The van der Waals surface area contributed by atoms with Crippen LogP contribution in [0, 0.1) is 6.92 Å². The van der Waals surface area contributed by atoms with Crippen LogP contribution in [0.5, 0.6) is 0 Å². The van der Waals surface area contributed by atoms with Crippen molar-refractivity contribution in [3.8, 4) is 0 Å². The molecule has 0 unspecified atom stereocenters. The minimum atomic E-state index is -0.151. The van der Waals surface area contributed by atoms with Crippen LogP contribution in [0.1, 0.15) is 42.7 Å². The van der Waals surface area contributed by atoms with E-state index in [1.165, 1.54) is 19.2 Å². The number of hydrogen-bond acceptors (Lipinski definition) is 10. The van der Waals surface area contributed by atoms with Crippen LogP contribution >= 0.6 is 0 Å². The summed E-state index contributed by atoms with van der Waals surface area (Å²) in [5.41, 5.74) is 3.44. The molecule has 5 heterocycles. The lowest BCUT2D eigenvalue weighted by atomic mass is 10.0. The fraction of sp³-hybridized carbons (Fsp3) is 0.400. The van der Waals surface area contributed by atoms with E-state index in [-0.39, 0.29) is 11.4 Å². The molecule has 1 amide bonds. The molecule has 3 N–H and O–H groups in total. The molecular weight excluding hydrogens is 470 g/mol. The van der Waals surface area contributed by atoms with Gasteiger partial charge in [0.05, 0.1) is 40.4 Å². The van der Waals surface area contributed by atoms with Gasteiger partial charge in [-0.2, -0.15) is 10.1 Å². The van der Waals surface area contributed by atoms with Gasteiger partial charge in [-0.1, -0.05) is 0 Å². The third kappa shape index (κ3) is 5.33. The van der Waals surface area contributed by atoms with Gasteiger partial charge in [-0.3, -0.25) is 14.7 Å². The number of amides is 1. The Balaban J connectivity index is 1.29. The van der Waals surface area contributed by atoms with Crippen molar-refractivity contribution in [1.29, 1.82) is 0 Å². The molecule has 0 atom stereocenters. The number of fused-ring (bicyclic) bond motifs is 1. The van der Waals surface area contributed by atoms with Gasteiger partial charge in [-0.25, -0.2) is 19.6 Å². The molecule has 5 rings (SSSR count). The molecule has 1 fully saturated rings. The van der Waals surface area contributed by atoms with Crippen molar-refractivity contribution in [3.63, 3.8) is 0 Å². The van der Waals surface area contributed by atoms with Crippen LogP contribution in [0.25, 0.3) is 11.0 Å². The summed E-state index contributed by atoms with van der Waals surface area (Å²) < 4.78 is 1.67. The van der Waals surface area contributed by atoms with Crippen LogP contribution in [-0.2, 0) is 7.05 Å². The maximum absolute atomic E-state index is 12.8. The fourth-order valence-corrected chi connectivity index (χ4v) is 4.58. The number of carbonyl (C=O) groups excluding carboxylic acids is 1. The van der Waals surface area contributed by atoms with Crippen molar-refractivity contribution in [3.05, 3.63) is 48.4 Å². The standard InChI is InChI=1S/C25H31N11O/c1-16-20(10-17(11-29-16)23(37)28-7-9-36-8-5-6-25(36,2)3)32-21-19-14-30-24(33-22(19)35(4)34-21)31-18-12-26-15-27-13-18/h10-15H,5-9H2,1-4H3,(H,28,37)(H,32,34)(H,30,31,33). The zero-order chi connectivity index (χ0) is 26.0. The van der Waals surface area contributed by atoms with Crippen LogP contribution in [-0.4, -0.2) is 70.7 Å². The molecule has 0 spiro atoms. The normalized spacial score (nSPS) is 15.1. The lowest BCUT2D eigenvalue weighted by Gasteiger charge is -2.31. The van der Waals surface area contributed by atoms with E-state index in [4.69, 9.17) is 0 Å². The number of nitrogens with zero attached hydrogens (tertiary/aromatic N) is 8. The first-order valence-electron chi connectivity index (χ1n) is 12.3. The van der Waals surface area contributed by atoms with Crippen LogP contribution in [0.3, 0.4) is 0 Å². The molecule has 0 aliphatic carbocycles. The number of aryl methyl sites for hydroxylation is 2. The van der Waals surface area contributed by atoms with Gasteiger partial charge in [0.1, 0.15) is 6.33 Å². The summed E-state index contributed by atoms with van der Waals surface area (Å²) in [6.07, 6.45) is 10.4. The largest absolute Gasteiger partial charge is 0.351 e. The number of rotatable bonds is 8. The molecule has 0 bridgehead atoms. The van der Waals surface area contributed by atoms with Gasteiger partial charge in [-0.05, 0) is 46.2 Å². The summed E-state index contributed by atoms with van der Waals surface area (Å²) in [5, 5.41) is 14.7. The van der Waals surface area contributed by atoms with Crippen LogP contribution < -0.4 is 16.0 Å². The number of hydrogen-bond donors (Lipinski definition) is 3. The van der Waals surface area contributed by atoms with E-state index >= 15 is 0 Å². The van der Waals surface area contributed by atoms with E-state index in [0.29, 0.717) is 40.9 Å². The highest BCUT2D eigenvalue weighted by molar-refractivity contribution is 5.96. The average molecular weight is 502 g/mol. The minimum absolute atomic E-state index is 0.151. The van der Waals surface area contributed by atoms with Crippen molar-refractivity contribution < 1.29 is 4.79 Å². The number of carbonyl (C=O) groups is 1. The molecule has 1 aliphatic heterocycles. The highest BCUT2D eigenvalue weighted by Gasteiger charge is 2.31. The Bertz CT molecular complexity index is 1420. The average Bonchev–Trinajstić information content (AvgIpc) is 3.38. The Labute approximate surface area is 215 Å². The van der Waals surface area contributed by atoms with Gasteiger partial charge in [0.25, 0.3) is 5.91 Å². The van der Waals surface area contributed by atoms with Crippen molar-refractivity contribution in [2.75, 3.05) is 30.3 Å². The summed E-state index contributed by atoms with van der Waals surface area (Å²) in [7, 11) is 1.81. The second-order valence-corrected chi connectivity index (χ2v) is 9.80. The smallest absolute Gasteiger partial charge is 0.252 e. The lowest BCUT2D eigenvalue weighted by molar-refractivity contribution is 0.0940. The van der Waals surface area contributed by atoms with Crippen molar-refractivity contribution >= 4 is 40.1 Å². The van der Waals surface area contributed by atoms with E-state index in [9.17, 15) is 4.79 Å². The monoisotopic (exact) mass is 501 g/mol. The van der Waals surface area contributed by atoms with Crippen molar-refractivity contribution in [1.82, 2.24) is 44.9 Å². The van der Waals surface area contributed by atoms with Gasteiger partial charge < -0.3 is 16.0 Å². The number of pyridine rings is 1. The molecular formula is C25H31N11O. The topological polar surface area (TPSA) is 139 Å². The maximum atomic E-state index is 12.8. The number of aromatic nitrogens is 7. The Kier molecular flexibility index (Phi) is 6.66. The van der Waals surface area contributed by atoms with Gasteiger partial charge in [0.2, 0.25) is 5.95 Å². The highest BCUT2D eigenvalue weighted by atomic mass is 16.1. The Morgan fingerprint density at radius 1 is 1.11 bits per heavy atom. The summed E-state index contributed by atoms with van der Waals surface area (Å²) in [5.74, 6) is 0.832. The molecule has 12 nitrogen and oxygen atoms in total. The first kappa shape index (κ1) is 24.5. The molecule has 192 valence electrons. The third-order valence-corrected chi connectivity index (χ3v) is 6.74. The molecule has 1 aliphatic rings. The Hall–Kier alpha value is -4.19. The zero-order valence-corrected chi connectivity index (χ0v) is 21.5. The van der Waals surface area contributed by atoms with E-state index in [0.717, 1.165) is 24.2 Å². The summed E-state index contributed by atoms with van der Waals surface area (Å²) >= 11 is 0. The molecule has 0 saturated carbocycles. The predicted molar refractivity (Wildman–Crippen MR) is 141 cm³/mol. The zero-order valence-electron chi connectivity index (χ0n) is 21.5. The number of anilines is 4. The summed E-state index contributed by atoms with van der Waals surface area (Å²) in [6, 6.07) is 1.80. The van der Waals surface area contributed by atoms with Crippen LogP contribution in [0.2, 0.25) is 0 Å². The van der Waals surface area contributed by atoms with Crippen molar-refractivity contribution in [2.24, 2.45) is 7.05 Å². The molecule has 4 aromatic rings. The first-order chi connectivity index (χ1) is 17.8. The van der Waals surface area contributed by atoms with E-state index in [2.05, 4.69) is 64.7 Å². The van der Waals surface area contributed by atoms with Crippen LogP contribution in [0.15, 0.2) is 37.2 Å². The minimum Gasteiger partial charge on any atom is -0.351 e. The van der Waals surface area contributed by atoms with Gasteiger partial charge in [-0.15, -0.1) is 0 Å². The SMILES string of the molecule is Cc1ncc(C(=O)NCCN2CCCC2(C)C)cc1Nc1nn(C)c2nc(Nc3cncnc3)ncc12. The quantitative estimate of drug-likeness (QED) is 0.330. The maximum Gasteiger partial charge on any atom is 0.252 e. The van der Waals surface area contributed by atoms with E-state index in [1.54, 1.807) is 35.5 Å². The fourth-order valence-electron chi connectivity index (χ4n) is 4.58. The first-order valence-corrected chi connectivity index (χ1v) is 12.3. The Morgan fingerprint density at radius 3 is 2.68 bits per heavy atom. The Morgan fingerprint density at radius 2 is 1.92 bits per heavy atom. The second-order valence-electron chi connectivity index (χ2n) is 9.80. The molecule has 0 radical (unpaired) electrons. The molecule has 1 saturated heterocycles. The predicted octanol–water partition coefficient (Wildman–Crippen LogP) is 2.95. The summed E-state index contributed by atoms with van der Waals surface area (Å²) in [4.78, 5) is 36.7. The lowest BCUT2D eigenvalue weighted by Crippen LogP contribution is -2.43. The molecule has 0 aromatic carbocycles. The van der Waals surface area contributed by atoms with Crippen molar-refractivity contribution in [2.45, 2.75) is 39.2 Å². The number of nitrogens with one attached hydrogen (secondary N) is 3. The van der Waals surface area contributed by atoms with Gasteiger partial charge in [0, 0.05) is 38.1 Å². The van der Waals surface area contributed by atoms with Crippen LogP contribution in [0.4, 0.5) is 23.1 Å². The third-order valence-electron chi connectivity index (χ3n) is 6.74.